The van der Waals surface area contributed by atoms with Crippen molar-refractivity contribution in [1.82, 2.24) is 0 Å². The van der Waals surface area contributed by atoms with E-state index < -0.39 is 0 Å². The maximum atomic E-state index is 12.5. The van der Waals surface area contributed by atoms with Crippen LogP contribution < -0.4 is 15.0 Å². The van der Waals surface area contributed by atoms with Crippen LogP contribution in [-0.4, -0.2) is 25.0 Å². The molecule has 1 N–H and O–H groups in total. The van der Waals surface area contributed by atoms with E-state index in [1.165, 1.54) is 0 Å². The number of rotatable bonds is 4. The molecule has 0 saturated carbocycles. The number of nitrogens with one attached hydrogen (secondary N) is 1. The van der Waals surface area contributed by atoms with Crippen molar-refractivity contribution in [3.63, 3.8) is 0 Å². The summed E-state index contributed by atoms with van der Waals surface area (Å²) in [7, 11) is 0. The van der Waals surface area contributed by atoms with E-state index in [0.717, 1.165) is 11.1 Å². The Kier molecular flexibility index (Phi) is 4.98. The molecule has 136 valence electrons. The summed E-state index contributed by atoms with van der Waals surface area (Å²) in [6.45, 7) is 8.79. The number of anilines is 2. The Morgan fingerprint density at radius 2 is 1.92 bits per heavy atom. The van der Waals surface area contributed by atoms with E-state index in [4.69, 9.17) is 4.74 Å². The number of carbonyl (C=O) groups is 2. The van der Waals surface area contributed by atoms with Crippen LogP contribution in [0, 0.1) is 19.8 Å². The van der Waals surface area contributed by atoms with Crippen LogP contribution in [0.15, 0.2) is 36.4 Å². The van der Waals surface area contributed by atoms with E-state index in [2.05, 4.69) is 19.2 Å². The number of carbonyl (C=O) groups excluding carboxylic acids is 2. The van der Waals surface area contributed by atoms with Crippen molar-refractivity contribution in [3.05, 3.63) is 53.1 Å². The van der Waals surface area contributed by atoms with E-state index in [0.29, 0.717) is 35.2 Å². The predicted molar refractivity (Wildman–Crippen MR) is 103 cm³/mol. The minimum Gasteiger partial charge on any atom is -0.482 e. The van der Waals surface area contributed by atoms with Gasteiger partial charge in [-0.2, -0.15) is 0 Å². The molecule has 2 amide bonds. The number of ether oxygens (including phenoxy) is 1. The lowest BCUT2D eigenvalue weighted by Crippen LogP contribution is -2.41. The lowest BCUT2D eigenvalue weighted by molar-refractivity contribution is -0.121. The van der Waals surface area contributed by atoms with Crippen LogP contribution in [0.2, 0.25) is 0 Å². The maximum Gasteiger partial charge on any atom is 0.265 e. The highest BCUT2D eigenvalue weighted by molar-refractivity contribution is 6.05. The zero-order valence-corrected chi connectivity index (χ0v) is 15.6. The van der Waals surface area contributed by atoms with Crippen molar-refractivity contribution in [2.45, 2.75) is 27.7 Å². The van der Waals surface area contributed by atoms with E-state index >= 15 is 0 Å². The third-order valence-electron chi connectivity index (χ3n) is 4.48. The fourth-order valence-electron chi connectivity index (χ4n) is 2.93. The summed E-state index contributed by atoms with van der Waals surface area (Å²) in [5.74, 6) is 0.753. The van der Waals surface area contributed by atoms with Gasteiger partial charge in [-0.05, 0) is 61.2 Å². The molecule has 0 radical (unpaired) electrons. The van der Waals surface area contributed by atoms with E-state index in [9.17, 15) is 9.59 Å². The van der Waals surface area contributed by atoms with Crippen LogP contribution in [0.1, 0.15) is 35.3 Å². The Labute approximate surface area is 154 Å². The predicted octanol–water partition coefficient (Wildman–Crippen LogP) is 3.94. The summed E-state index contributed by atoms with van der Waals surface area (Å²) in [5.41, 5.74) is 4.17. The smallest absolute Gasteiger partial charge is 0.265 e. The first-order chi connectivity index (χ1) is 12.3. The fraction of sp³-hybridized carbons (Fsp3) is 0.333. The minimum atomic E-state index is -0.175. The first kappa shape index (κ1) is 18.0. The van der Waals surface area contributed by atoms with Gasteiger partial charge in [0.15, 0.2) is 6.61 Å². The van der Waals surface area contributed by atoms with Gasteiger partial charge in [0.05, 0.1) is 5.69 Å². The average Bonchev–Trinajstić information content (AvgIpc) is 2.59. The summed E-state index contributed by atoms with van der Waals surface area (Å²) in [5, 5.41) is 2.91. The number of hydrogen-bond donors (Lipinski definition) is 1. The lowest BCUT2D eigenvalue weighted by atomic mass is 10.1. The second-order valence-corrected chi connectivity index (χ2v) is 7.12. The largest absolute Gasteiger partial charge is 0.482 e. The Hall–Kier alpha value is -2.82. The first-order valence-electron chi connectivity index (χ1n) is 8.81. The highest BCUT2D eigenvalue weighted by atomic mass is 16.5. The molecule has 2 aromatic rings. The van der Waals surface area contributed by atoms with Gasteiger partial charge in [-0.15, -0.1) is 0 Å². The molecule has 0 bridgehead atoms. The maximum absolute atomic E-state index is 12.5. The van der Waals surface area contributed by atoms with Crippen LogP contribution in [0.4, 0.5) is 11.4 Å². The van der Waals surface area contributed by atoms with Gasteiger partial charge in [-0.3, -0.25) is 9.59 Å². The monoisotopic (exact) mass is 352 g/mol. The van der Waals surface area contributed by atoms with Gasteiger partial charge in [0.25, 0.3) is 11.8 Å². The molecule has 1 aliphatic rings. The highest BCUT2D eigenvalue weighted by Crippen LogP contribution is 2.35. The standard InChI is InChI=1S/C21H24N2O3/c1-13(2)11-23-18-10-17(7-8-19(18)26-12-20(23)24)22-21(25)16-6-5-14(3)15(4)9-16/h5-10,13H,11-12H2,1-4H3,(H,22,25). The van der Waals surface area contributed by atoms with Gasteiger partial charge in [0.2, 0.25) is 0 Å². The van der Waals surface area contributed by atoms with Crippen LogP contribution in [-0.2, 0) is 4.79 Å². The Bertz CT molecular complexity index is 858. The molecule has 0 unspecified atom stereocenters. The highest BCUT2D eigenvalue weighted by Gasteiger charge is 2.26. The van der Waals surface area contributed by atoms with Gasteiger partial charge in [-0.25, -0.2) is 0 Å². The molecule has 0 atom stereocenters. The van der Waals surface area contributed by atoms with E-state index in [1.807, 2.05) is 32.0 Å². The van der Waals surface area contributed by atoms with Gasteiger partial charge in [-0.1, -0.05) is 19.9 Å². The summed E-state index contributed by atoms with van der Waals surface area (Å²) in [4.78, 5) is 26.5. The quantitative estimate of drug-likeness (QED) is 0.907. The van der Waals surface area contributed by atoms with Crippen LogP contribution in [0.5, 0.6) is 5.75 Å². The summed E-state index contributed by atoms with van der Waals surface area (Å²) in [6.07, 6.45) is 0. The fourth-order valence-corrected chi connectivity index (χ4v) is 2.93. The molecule has 1 heterocycles. The summed E-state index contributed by atoms with van der Waals surface area (Å²) in [6, 6.07) is 11.0. The zero-order chi connectivity index (χ0) is 18.8. The normalized spacial score (nSPS) is 13.4. The second-order valence-electron chi connectivity index (χ2n) is 7.12. The van der Waals surface area contributed by atoms with Crippen LogP contribution >= 0.6 is 0 Å². The van der Waals surface area contributed by atoms with Crippen molar-refractivity contribution in [2.24, 2.45) is 5.92 Å². The molecule has 26 heavy (non-hydrogen) atoms. The number of amides is 2. The van der Waals surface area contributed by atoms with Gasteiger partial charge < -0.3 is 15.0 Å². The van der Waals surface area contributed by atoms with Crippen LogP contribution in [0.25, 0.3) is 0 Å². The van der Waals surface area contributed by atoms with Crippen molar-refractivity contribution in [1.29, 1.82) is 0 Å². The number of nitrogens with zero attached hydrogens (tertiary/aromatic N) is 1. The molecule has 0 aromatic heterocycles. The Morgan fingerprint density at radius 1 is 1.15 bits per heavy atom. The zero-order valence-electron chi connectivity index (χ0n) is 15.6. The molecule has 3 rings (SSSR count). The Morgan fingerprint density at radius 3 is 2.62 bits per heavy atom. The molecule has 0 aliphatic carbocycles. The summed E-state index contributed by atoms with van der Waals surface area (Å²) >= 11 is 0. The molecular weight excluding hydrogens is 328 g/mol. The molecule has 2 aromatic carbocycles. The average molecular weight is 352 g/mol. The molecule has 5 heteroatoms. The van der Waals surface area contributed by atoms with E-state index in [1.54, 1.807) is 23.1 Å². The molecule has 0 fully saturated rings. The number of benzene rings is 2. The van der Waals surface area contributed by atoms with Crippen molar-refractivity contribution < 1.29 is 14.3 Å². The van der Waals surface area contributed by atoms with Gasteiger partial charge in [0.1, 0.15) is 5.75 Å². The number of aryl methyl sites for hydroxylation is 2. The SMILES string of the molecule is Cc1ccc(C(=O)Nc2ccc3c(c2)N(CC(C)C)C(=O)CO3)cc1C. The van der Waals surface area contributed by atoms with E-state index in [-0.39, 0.29) is 18.4 Å². The summed E-state index contributed by atoms with van der Waals surface area (Å²) < 4.78 is 5.52. The third kappa shape index (κ3) is 3.72. The topological polar surface area (TPSA) is 58.6 Å². The van der Waals surface area contributed by atoms with Crippen molar-refractivity contribution in [3.8, 4) is 5.75 Å². The lowest BCUT2D eigenvalue weighted by Gasteiger charge is -2.31. The Balaban J connectivity index is 1.85. The molecule has 1 aliphatic heterocycles. The van der Waals surface area contributed by atoms with Crippen molar-refractivity contribution in [2.75, 3.05) is 23.4 Å². The minimum absolute atomic E-state index is 0.0497. The van der Waals surface area contributed by atoms with Gasteiger partial charge >= 0.3 is 0 Å². The third-order valence-corrected chi connectivity index (χ3v) is 4.48. The van der Waals surface area contributed by atoms with Crippen LogP contribution in [0.3, 0.4) is 0 Å². The number of fused-ring (bicyclic) bond motifs is 1. The molecular formula is C21H24N2O3. The molecule has 0 spiro atoms. The first-order valence-corrected chi connectivity index (χ1v) is 8.81. The molecule has 5 nitrogen and oxygen atoms in total. The van der Waals surface area contributed by atoms with Gasteiger partial charge in [0, 0.05) is 17.8 Å². The molecule has 0 saturated heterocycles. The van der Waals surface area contributed by atoms with Crippen molar-refractivity contribution >= 4 is 23.2 Å². The second kappa shape index (κ2) is 7.20. The number of hydrogen-bond acceptors (Lipinski definition) is 3.